The van der Waals surface area contributed by atoms with Gasteiger partial charge in [0, 0.05) is 12.4 Å². The number of halogens is 2. The smallest absolute Gasteiger partial charge is 0.311 e. The number of ether oxygens (including phenoxy) is 1. The third-order valence-electron chi connectivity index (χ3n) is 2.15. The molecule has 0 radical (unpaired) electrons. The van der Waals surface area contributed by atoms with Crippen molar-refractivity contribution < 1.29 is 9.53 Å². The highest BCUT2D eigenvalue weighted by Crippen LogP contribution is 2.21. The van der Waals surface area contributed by atoms with Crippen LogP contribution in [0.4, 0.5) is 0 Å². The van der Waals surface area contributed by atoms with E-state index < -0.39 is 0 Å². The van der Waals surface area contributed by atoms with E-state index in [1.54, 1.807) is 29.8 Å². The highest BCUT2D eigenvalue weighted by Gasteiger charge is 2.10. The van der Waals surface area contributed by atoms with Crippen LogP contribution in [0.2, 0.25) is 10.0 Å². The molecule has 0 atom stereocenters. The Hall–Kier alpha value is -1.26. The van der Waals surface area contributed by atoms with Gasteiger partial charge in [-0.2, -0.15) is 0 Å². The Morgan fingerprint density at radius 3 is 2.94 bits per heavy atom. The van der Waals surface area contributed by atoms with Crippen LogP contribution in [-0.2, 0) is 16.0 Å². The molecule has 2 aromatic heterocycles. The Labute approximate surface area is 108 Å². The van der Waals surface area contributed by atoms with Crippen molar-refractivity contribution in [2.45, 2.75) is 13.3 Å². The van der Waals surface area contributed by atoms with Gasteiger partial charge in [0.1, 0.15) is 0 Å². The second kappa shape index (κ2) is 4.94. The van der Waals surface area contributed by atoms with Gasteiger partial charge in [-0.05, 0) is 13.0 Å². The second-order valence-corrected chi connectivity index (χ2v) is 4.29. The molecule has 2 aromatic rings. The quantitative estimate of drug-likeness (QED) is 0.807. The number of carbonyl (C=O) groups excluding carboxylic acids is 1. The average molecular weight is 273 g/mol. The van der Waals surface area contributed by atoms with Crippen molar-refractivity contribution in [2.24, 2.45) is 0 Å². The molecular formula is C11H10Cl2N2O2. The minimum atomic E-state index is -0.307. The standard InChI is InChI=1S/C11H10Cl2N2O2/c1-2-17-10(16)4-8-6-15-5-7(12)3-9(13)11(15)14-8/h3,5-6H,2,4H2,1H3. The zero-order valence-corrected chi connectivity index (χ0v) is 10.6. The molecule has 0 spiro atoms. The van der Waals surface area contributed by atoms with Crippen LogP contribution in [0.15, 0.2) is 18.5 Å². The lowest BCUT2D eigenvalue weighted by Gasteiger charge is -1.97. The summed E-state index contributed by atoms with van der Waals surface area (Å²) in [5.74, 6) is -0.307. The van der Waals surface area contributed by atoms with Crippen molar-refractivity contribution in [2.75, 3.05) is 6.61 Å². The number of imidazole rings is 1. The van der Waals surface area contributed by atoms with Crippen LogP contribution in [0.1, 0.15) is 12.6 Å². The maximum absolute atomic E-state index is 11.3. The van der Waals surface area contributed by atoms with Gasteiger partial charge in [-0.3, -0.25) is 4.79 Å². The summed E-state index contributed by atoms with van der Waals surface area (Å²) in [4.78, 5) is 15.6. The Morgan fingerprint density at radius 2 is 2.24 bits per heavy atom. The monoisotopic (exact) mass is 272 g/mol. The molecule has 0 bridgehead atoms. The van der Waals surface area contributed by atoms with E-state index in [4.69, 9.17) is 27.9 Å². The molecule has 0 saturated heterocycles. The molecule has 0 aliphatic heterocycles. The largest absolute Gasteiger partial charge is 0.466 e. The van der Waals surface area contributed by atoms with Crippen molar-refractivity contribution in [3.63, 3.8) is 0 Å². The van der Waals surface area contributed by atoms with Crippen molar-refractivity contribution >= 4 is 34.8 Å². The molecule has 0 unspecified atom stereocenters. The Kier molecular flexibility index (Phi) is 3.54. The zero-order valence-electron chi connectivity index (χ0n) is 9.11. The van der Waals surface area contributed by atoms with Crippen molar-refractivity contribution in [1.29, 1.82) is 0 Å². The number of nitrogens with zero attached hydrogens (tertiary/aromatic N) is 2. The Balaban J connectivity index is 2.32. The van der Waals surface area contributed by atoms with Crippen LogP contribution < -0.4 is 0 Å². The number of esters is 1. The van der Waals surface area contributed by atoms with Gasteiger partial charge >= 0.3 is 5.97 Å². The minimum Gasteiger partial charge on any atom is -0.466 e. The highest BCUT2D eigenvalue weighted by molar-refractivity contribution is 6.36. The number of aromatic nitrogens is 2. The lowest BCUT2D eigenvalue weighted by atomic mass is 10.3. The molecule has 2 rings (SSSR count). The van der Waals surface area contributed by atoms with Crippen LogP contribution in [0, 0.1) is 0 Å². The predicted molar refractivity (Wildman–Crippen MR) is 65.5 cm³/mol. The van der Waals surface area contributed by atoms with Crippen LogP contribution in [0.25, 0.3) is 5.65 Å². The highest BCUT2D eigenvalue weighted by atomic mass is 35.5. The first-order valence-electron chi connectivity index (χ1n) is 5.08. The number of hydrogen-bond donors (Lipinski definition) is 0. The summed E-state index contributed by atoms with van der Waals surface area (Å²) in [7, 11) is 0. The Morgan fingerprint density at radius 1 is 1.47 bits per heavy atom. The summed E-state index contributed by atoms with van der Waals surface area (Å²) in [5, 5.41) is 0.968. The molecule has 0 saturated carbocycles. The van der Waals surface area contributed by atoms with Gasteiger partial charge in [0.15, 0.2) is 5.65 Å². The van der Waals surface area contributed by atoms with Gasteiger partial charge in [-0.1, -0.05) is 23.2 Å². The van der Waals surface area contributed by atoms with E-state index in [0.29, 0.717) is 28.0 Å². The number of pyridine rings is 1. The van der Waals surface area contributed by atoms with E-state index >= 15 is 0 Å². The molecule has 6 heteroatoms. The number of carbonyl (C=O) groups is 1. The van der Waals surface area contributed by atoms with Gasteiger partial charge in [0.05, 0.1) is 28.8 Å². The SMILES string of the molecule is CCOC(=O)Cc1cn2cc(Cl)cc(Cl)c2n1. The Bertz CT molecular complexity index is 566. The van der Waals surface area contributed by atoms with Gasteiger partial charge < -0.3 is 9.14 Å². The molecule has 90 valence electrons. The summed E-state index contributed by atoms with van der Waals surface area (Å²) in [5.41, 5.74) is 1.18. The molecule has 0 N–H and O–H groups in total. The molecule has 17 heavy (non-hydrogen) atoms. The summed E-state index contributed by atoms with van der Waals surface area (Å²) in [6.07, 6.45) is 3.53. The zero-order chi connectivity index (χ0) is 12.4. The molecule has 0 aromatic carbocycles. The van der Waals surface area contributed by atoms with Crippen molar-refractivity contribution in [3.8, 4) is 0 Å². The fourth-order valence-corrected chi connectivity index (χ4v) is 2.05. The fraction of sp³-hybridized carbons (Fsp3) is 0.273. The lowest BCUT2D eigenvalue weighted by Crippen LogP contribution is -2.07. The van der Waals surface area contributed by atoms with E-state index in [-0.39, 0.29) is 12.4 Å². The van der Waals surface area contributed by atoms with Crippen LogP contribution in [0.3, 0.4) is 0 Å². The van der Waals surface area contributed by atoms with Crippen LogP contribution in [-0.4, -0.2) is 22.0 Å². The van der Waals surface area contributed by atoms with Gasteiger partial charge in [-0.25, -0.2) is 4.98 Å². The topological polar surface area (TPSA) is 43.6 Å². The van der Waals surface area contributed by atoms with Crippen molar-refractivity contribution in [3.05, 3.63) is 34.2 Å². The third-order valence-corrected chi connectivity index (χ3v) is 2.64. The van der Waals surface area contributed by atoms with Crippen LogP contribution in [0.5, 0.6) is 0 Å². The molecule has 0 aliphatic carbocycles. The predicted octanol–water partition coefficient (Wildman–Crippen LogP) is 2.75. The van der Waals surface area contributed by atoms with Gasteiger partial charge in [0.25, 0.3) is 0 Å². The molecule has 2 heterocycles. The first-order valence-corrected chi connectivity index (χ1v) is 5.84. The number of hydrogen-bond acceptors (Lipinski definition) is 3. The van der Waals surface area contributed by atoms with E-state index in [1.807, 2.05) is 0 Å². The van der Waals surface area contributed by atoms with Gasteiger partial charge in [0.2, 0.25) is 0 Å². The minimum absolute atomic E-state index is 0.128. The van der Waals surface area contributed by atoms with E-state index in [0.717, 1.165) is 0 Å². The first-order chi connectivity index (χ1) is 8.10. The molecule has 0 fully saturated rings. The average Bonchev–Trinajstić information content (AvgIpc) is 2.60. The third kappa shape index (κ3) is 2.70. The second-order valence-electron chi connectivity index (χ2n) is 3.45. The summed E-state index contributed by atoms with van der Waals surface area (Å²) in [6.45, 7) is 2.12. The van der Waals surface area contributed by atoms with Crippen molar-refractivity contribution in [1.82, 2.24) is 9.38 Å². The maximum Gasteiger partial charge on any atom is 0.311 e. The summed E-state index contributed by atoms with van der Waals surface area (Å²) >= 11 is 11.9. The lowest BCUT2D eigenvalue weighted by molar-refractivity contribution is -0.142. The molecule has 0 aliphatic rings. The van der Waals surface area contributed by atoms with Gasteiger partial charge in [-0.15, -0.1) is 0 Å². The first kappa shape index (κ1) is 12.2. The van der Waals surface area contributed by atoms with E-state index in [2.05, 4.69) is 4.98 Å². The fourth-order valence-electron chi connectivity index (χ4n) is 1.52. The number of rotatable bonds is 3. The summed E-state index contributed by atoms with van der Waals surface area (Å²) < 4.78 is 6.54. The van der Waals surface area contributed by atoms with Crippen LogP contribution >= 0.6 is 23.2 Å². The van der Waals surface area contributed by atoms with E-state index in [9.17, 15) is 4.79 Å². The number of fused-ring (bicyclic) bond motifs is 1. The maximum atomic E-state index is 11.3. The normalized spacial score (nSPS) is 10.8. The molecule has 0 amide bonds. The van der Waals surface area contributed by atoms with E-state index in [1.165, 1.54) is 0 Å². The molecular weight excluding hydrogens is 263 g/mol. The molecule has 4 nitrogen and oxygen atoms in total. The summed E-state index contributed by atoms with van der Waals surface area (Å²) in [6, 6.07) is 1.61.